The molecule has 1 aromatic rings. The number of likely N-dealkylation sites (tertiary alicyclic amines) is 1. The first-order valence-corrected chi connectivity index (χ1v) is 9.13. The first-order valence-electron chi connectivity index (χ1n) is 9.13. The second kappa shape index (κ2) is 8.92. The number of nitrogens with one attached hydrogen (secondary N) is 1. The van der Waals surface area contributed by atoms with Crippen molar-refractivity contribution >= 4 is 5.57 Å². The van der Waals surface area contributed by atoms with Crippen LogP contribution in [0.2, 0.25) is 0 Å². The zero-order valence-corrected chi connectivity index (χ0v) is 15.3. The Labute approximate surface area is 150 Å². The van der Waals surface area contributed by atoms with Gasteiger partial charge in [0.25, 0.3) is 0 Å². The van der Waals surface area contributed by atoms with Crippen LogP contribution in [0.4, 0.5) is 0 Å². The third-order valence-electron chi connectivity index (χ3n) is 4.80. The van der Waals surface area contributed by atoms with Gasteiger partial charge in [0.15, 0.2) is 0 Å². The maximum atomic E-state index is 5.90. The monoisotopic (exact) mass is 343 g/mol. The summed E-state index contributed by atoms with van der Waals surface area (Å²) in [6.45, 7) is 5.98. The Balaban J connectivity index is 1.46. The molecular formula is C20H29N3O2. The molecule has 5 nitrogen and oxygen atoms in total. The summed E-state index contributed by atoms with van der Waals surface area (Å²) >= 11 is 0. The molecule has 1 aromatic carbocycles. The molecule has 1 saturated heterocycles. The van der Waals surface area contributed by atoms with Crippen LogP contribution in [-0.4, -0.2) is 49.5 Å². The Morgan fingerprint density at radius 1 is 1.24 bits per heavy atom. The molecule has 5 heteroatoms. The van der Waals surface area contributed by atoms with E-state index in [2.05, 4.69) is 35.5 Å². The topological polar surface area (TPSA) is 37.0 Å². The number of allylic oxidation sites excluding steroid dienone is 2. The summed E-state index contributed by atoms with van der Waals surface area (Å²) in [6, 6.07) is 9.04. The highest BCUT2D eigenvalue weighted by atomic mass is 16.5. The van der Waals surface area contributed by atoms with Crippen LogP contribution >= 0.6 is 0 Å². The first-order chi connectivity index (χ1) is 12.3. The van der Waals surface area contributed by atoms with Crippen molar-refractivity contribution < 1.29 is 9.47 Å². The summed E-state index contributed by atoms with van der Waals surface area (Å²) in [5.41, 5.74) is 5.42. The molecule has 0 bridgehead atoms. The lowest BCUT2D eigenvalue weighted by Crippen LogP contribution is -2.32. The molecule has 25 heavy (non-hydrogen) atoms. The fourth-order valence-electron chi connectivity index (χ4n) is 3.38. The maximum absolute atomic E-state index is 5.90. The molecule has 0 amide bonds. The third-order valence-corrected chi connectivity index (χ3v) is 4.80. The Morgan fingerprint density at radius 2 is 2.08 bits per heavy atom. The van der Waals surface area contributed by atoms with Gasteiger partial charge in [0, 0.05) is 37.7 Å². The first kappa shape index (κ1) is 17.8. The SMILES string of the molecule is COCN1C=C(c2ccc(OCCCN3CCC[C@H]3C)cc2)C=CN1. The second-order valence-corrected chi connectivity index (χ2v) is 6.69. The van der Waals surface area contributed by atoms with Gasteiger partial charge in [-0.2, -0.15) is 0 Å². The zero-order chi connectivity index (χ0) is 17.5. The number of hydrazine groups is 1. The van der Waals surface area contributed by atoms with E-state index in [1.807, 2.05) is 29.5 Å². The average Bonchev–Trinajstić information content (AvgIpc) is 3.05. The van der Waals surface area contributed by atoms with Crippen LogP contribution in [0.3, 0.4) is 0 Å². The molecule has 2 aliphatic heterocycles. The molecule has 1 atom stereocenters. The van der Waals surface area contributed by atoms with Gasteiger partial charge < -0.3 is 19.8 Å². The molecule has 1 N–H and O–H groups in total. The summed E-state index contributed by atoms with van der Waals surface area (Å²) in [5, 5.41) is 1.90. The fraction of sp³-hybridized carbons (Fsp3) is 0.500. The Hall–Kier alpha value is -1.98. The summed E-state index contributed by atoms with van der Waals surface area (Å²) in [7, 11) is 1.68. The van der Waals surface area contributed by atoms with Gasteiger partial charge in [-0.3, -0.25) is 5.01 Å². The zero-order valence-electron chi connectivity index (χ0n) is 15.3. The highest BCUT2D eigenvalue weighted by molar-refractivity contribution is 5.74. The van der Waals surface area contributed by atoms with Gasteiger partial charge in [0.1, 0.15) is 12.5 Å². The fourth-order valence-corrected chi connectivity index (χ4v) is 3.38. The van der Waals surface area contributed by atoms with E-state index in [-0.39, 0.29) is 0 Å². The van der Waals surface area contributed by atoms with Crippen molar-refractivity contribution in [2.75, 3.05) is 33.5 Å². The number of nitrogens with zero attached hydrogens (tertiary/aromatic N) is 2. The largest absolute Gasteiger partial charge is 0.494 e. The predicted molar refractivity (Wildman–Crippen MR) is 101 cm³/mol. The van der Waals surface area contributed by atoms with Crippen LogP contribution < -0.4 is 10.2 Å². The number of rotatable bonds is 8. The van der Waals surface area contributed by atoms with E-state index < -0.39 is 0 Å². The number of hydrogen-bond donors (Lipinski definition) is 1. The van der Waals surface area contributed by atoms with Crippen molar-refractivity contribution in [3.8, 4) is 5.75 Å². The second-order valence-electron chi connectivity index (χ2n) is 6.69. The van der Waals surface area contributed by atoms with Crippen molar-refractivity contribution in [2.24, 2.45) is 0 Å². The van der Waals surface area contributed by atoms with Crippen LogP contribution in [0.5, 0.6) is 5.75 Å². The highest BCUT2D eigenvalue weighted by Gasteiger charge is 2.19. The van der Waals surface area contributed by atoms with Crippen LogP contribution in [0, 0.1) is 0 Å². The van der Waals surface area contributed by atoms with E-state index in [1.54, 1.807) is 7.11 Å². The molecule has 0 radical (unpaired) electrons. The number of benzene rings is 1. The molecule has 2 aliphatic rings. The minimum Gasteiger partial charge on any atom is -0.494 e. The van der Waals surface area contributed by atoms with Gasteiger partial charge in [0.05, 0.1) is 6.61 Å². The minimum absolute atomic E-state index is 0.505. The smallest absolute Gasteiger partial charge is 0.136 e. The molecule has 136 valence electrons. The van der Waals surface area contributed by atoms with Crippen molar-refractivity contribution in [1.82, 2.24) is 15.3 Å². The summed E-state index contributed by atoms with van der Waals surface area (Å²) < 4.78 is 11.0. The van der Waals surface area contributed by atoms with E-state index in [0.717, 1.165) is 42.5 Å². The number of methoxy groups -OCH3 is 1. The van der Waals surface area contributed by atoms with Gasteiger partial charge in [0.2, 0.25) is 0 Å². The molecule has 3 rings (SSSR count). The number of ether oxygens (including phenoxy) is 2. The van der Waals surface area contributed by atoms with Crippen molar-refractivity contribution in [3.05, 3.63) is 48.3 Å². The lowest BCUT2D eigenvalue weighted by atomic mass is 10.1. The molecule has 0 aliphatic carbocycles. The predicted octanol–water partition coefficient (Wildman–Crippen LogP) is 3.22. The minimum atomic E-state index is 0.505. The normalized spacial score (nSPS) is 20.5. The molecule has 0 aromatic heterocycles. The molecule has 2 heterocycles. The van der Waals surface area contributed by atoms with Crippen LogP contribution in [0.25, 0.3) is 5.57 Å². The van der Waals surface area contributed by atoms with Crippen LogP contribution in [0.1, 0.15) is 31.7 Å². The number of hydrogen-bond acceptors (Lipinski definition) is 5. The molecule has 0 saturated carbocycles. The van der Waals surface area contributed by atoms with E-state index in [4.69, 9.17) is 9.47 Å². The summed E-state index contributed by atoms with van der Waals surface area (Å²) in [5.74, 6) is 0.936. The van der Waals surface area contributed by atoms with Gasteiger partial charge in [-0.15, -0.1) is 0 Å². The van der Waals surface area contributed by atoms with E-state index in [0.29, 0.717) is 6.73 Å². The van der Waals surface area contributed by atoms with Crippen LogP contribution in [0.15, 0.2) is 42.7 Å². The van der Waals surface area contributed by atoms with Gasteiger partial charge in [-0.25, -0.2) is 0 Å². The average molecular weight is 343 g/mol. The lowest BCUT2D eigenvalue weighted by Gasteiger charge is -2.23. The summed E-state index contributed by atoms with van der Waals surface area (Å²) in [6.07, 6.45) is 9.76. The van der Waals surface area contributed by atoms with Crippen molar-refractivity contribution in [2.45, 2.75) is 32.2 Å². The third kappa shape index (κ3) is 5.00. The van der Waals surface area contributed by atoms with E-state index in [9.17, 15) is 0 Å². The van der Waals surface area contributed by atoms with Gasteiger partial charge in [-0.05, 0) is 56.5 Å². The Kier molecular flexibility index (Phi) is 6.36. The lowest BCUT2D eigenvalue weighted by molar-refractivity contribution is 0.0748. The van der Waals surface area contributed by atoms with Gasteiger partial charge in [-0.1, -0.05) is 12.1 Å². The summed E-state index contributed by atoms with van der Waals surface area (Å²) in [4.78, 5) is 2.56. The standard InChI is InChI=1S/C20H29N3O2/c1-17-5-3-12-22(17)13-4-14-25-20-8-6-18(7-9-20)19-10-11-21-23(15-19)16-24-2/h6-11,15,17,21H,3-5,12-14,16H2,1-2H3/t17-/m1/s1. The maximum Gasteiger partial charge on any atom is 0.136 e. The molecule has 1 fully saturated rings. The van der Waals surface area contributed by atoms with Gasteiger partial charge >= 0.3 is 0 Å². The van der Waals surface area contributed by atoms with Crippen molar-refractivity contribution in [3.63, 3.8) is 0 Å². The quantitative estimate of drug-likeness (QED) is 0.734. The Morgan fingerprint density at radius 3 is 2.80 bits per heavy atom. The molecular weight excluding hydrogens is 314 g/mol. The van der Waals surface area contributed by atoms with Crippen LogP contribution in [-0.2, 0) is 4.74 Å². The Bertz CT molecular complexity index is 597. The molecule has 0 unspecified atom stereocenters. The highest BCUT2D eigenvalue weighted by Crippen LogP contribution is 2.22. The van der Waals surface area contributed by atoms with E-state index in [1.165, 1.54) is 19.4 Å². The molecule has 0 spiro atoms. The van der Waals surface area contributed by atoms with E-state index >= 15 is 0 Å². The van der Waals surface area contributed by atoms with Crippen molar-refractivity contribution in [1.29, 1.82) is 0 Å².